The maximum Gasteiger partial charge on any atom is 0.426 e. The van der Waals surface area contributed by atoms with Crippen LogP contribution in [0.5, 0.6) is 5.75 Å². The first kappa shape index (κ1) is 19.8. The van der Waals surface area contributed by atoms with E-state index in [0.29, 0.717) is 0 Å². The zero-order chi connectivity index (χ0) is 21.1. The molecule has 30 heavy (non-hydrogen) atoms. The molecule has 0 atom stereocenters. The molecule has 0 aliphatic carbocycles. The van der Waals surface area contributed by atoms with Gasteiger partial charge in [0.15, 0.2) is 0 Å². The molecule has 0 unspecified atom stereocenters. The van der Waals surface area contributed by atoms with Crippen molar-refractivity contribution in [2.75, 3.05) is 38.0 Å². The molecule has 0 bridgehead atoms. The first-order chi connectivity index (χ1) is 14.5. The largest absolute Gasteiger partial charge is 0.550 e. The minimum Gasteiger partial charge on any atom is -0.550 e. The van der Waals surface area contributed by atoms with Crippen LogP contribution in [0.15, 0.2) is 85.1 Å². The third kappa shape index (κ3) is 4.11. The van der Waals surface area contributed by atoms with Crippen molar-refractivity contribution >= 4 is 40.1 Å². The molecule has 4 rings (SSSR count). The summed E-state index contributed by atoms with van der Waals surface area (Å²) in [7, 11) is 8.19. The van der Waals surface area contributed by atoms with Crippen molar-refractivity contribution in [2.45, 2.75) is 0 Å². The minimum atomic E-state index is -0.231. The van der Waals surface area contributed by atoms with Gasteiger partial charge in [-0.15, -0.1) is 0 Å². The molecule has 150 valence electrons. The molecule has 0 N–H and O–H groups in total. The van der Waals surface area contributed by atoms with Gasteiger partial charge >= 0.3 is 6.92 Å². The van der Waals surface area contributed by atoms with Crippen LogP contribution in [-0.2, 0) is 0 Å². The second kappa shape index (κ2) is 8.50. The molecular formula is C25H26BN3O. The Morgan fingerprint density at radius 1 is 0.667 bits per heavy atom. The van der Waals surface area contributed by atoms with Crippen molar-refractivity contribution in [1.82, 2.24) is 4.98 Å². The van der Waals surface area contributed by atoms with Crippen LogP contribution in [0.3, 0.4) is 0 Å². The number of hydrogen-bond donors (Lipinski definition) is 0. The number of hydrogen-bond acceptors (Lipinski definition) is 4. The van der Waals surface area contributed by atoms with Crippen LogP contribution in [0.4, 0.5) is 11.4 Å². The zero-order valence-electron chi connectivity index (χ0n) is 17.9. The number of rotatable bonds is 6. The Hall–Kier alpha value is -3.47. The van der Waals surface area contributed by atoms with E-state index >= 15 is 0 Å². The highest BCUT2D eigenvalue weighted by atomic mass is 16.4. The van der Waals surface area contributed by atoms with Crippen molar-refractivity contribution < 1.29 is 4.65 Å². The standard InChI is InChI=1S/C25H26BN3O/c1-28(2)22-14-10-20(11-15-22)26(21-12-16-23(17-13-21)29(3)4)30-24-9-5-7-19-8-6-18-27-25(19)24/h5-18H,1-4H3. The second-order valence-corrected chi connectivity index (χ2v) is 7.80. The maximum atomic E-state index is 6.61. The number of benzene rings is 3. The van der Waals surface area contributed by atoms with Crippen LogP contribution in [-0.4, -0.2) is 40.1 Å². The minimum absolute atomic E-state index is 0.231. The monoisotopic (exact) mass is 395 g/mol. The molecule has 4 nitrogen and oxygen atoms in total. The quantitative estimate of drug-likeness (QED) is 0.467. The molecule has 5 heteroatoms. The lowest BCUT2D eigenvalue weighted by atomic mass is 9.55. The van der Waals surface area contributed by atoms with Gasteiger partial charge in [-0.05, 0) is 47.3 Å². The van der Waals surface area contributed by atoms with Gasteiger partial charge in [-0.25, -0.2) is 0 Å². The molecule has 0 amide bonds. The molecule has 0 radical (unpaired) electrons. The molecule has 0 aliphatic heterocycles. The van der Waals surface area contributed by atoms with Crippen LogP contribution >= 0.6 is 0 Å². The predicted octanol–water partition coefficient (Wildman–Crippen LogP) is 3.55. The molecule has 1 heterocycles. The maximum absolute atomic E-state index is 6.61. The van der Waals surface area contributed by atoms with E-state index in [1.807, 2.05) is 52.6 Å². The molecule has 4 aromatic rings. The third-order valence-electron chi connectivity index (χ3n) is 5.26. The Labute approximate surface area is 178 Å². The van der Waals surface area contributed by atoms with Gasteiger partial charge in [-0.2, -0.15) is 0 Å². The Balaban J connectivity index is 1.76. The molecule has 1 aromatic heterocycles. The summed E-state index contributed by atoms with van der Waals surface area (Å²) >= 11 is 0. The van der Waals surface area contributed by atoms with Crippen LogP contribution < -0.4 is 25.4 Å². The predicted molar refractivity (Wildman–Crippen MR) is 129 cm³/mol. The molecule has 0 saturated heterocycles. The number of nitrogens with zero attached hydrogens (tertiary/aromatic N) is 3. The Kier molecular flexibility index (Phi) is 5.62. The normalized spacial score (nSPS) is 10.7. The zero-order valence-corrected chi connectivity index (χ0v) is 17.9. The van der Waals surface area contributed by atoms with Gasteiger partial charge in [0.05, 0.1) is 0 Å². The lowest BCUT2D eigenvalue weighted by Gasteiger charge is -2.20. The second-order valence-electron chi connectivity index (χ2n) is 7.80. The van der Waals surface area contributed by atoms with Gasteiger partial charge in [0.1, 0.15) is 11.3 Å². The van der Waals surface area contributed by atoms with Crippen LogP contribution in [0.1, 0.15) is 0 Å². The van der Waals surface area contributed by atoms with Gasteiger partial charge in [0.25, 0.3) is 0 Å². The van der Waals surface area contributed by atoms with E-state index in [1.165, 1.54) is 0 Å². The number of aromatic nitrogens is 1. The molecule has 0 aliphatic rings. The fraction of sp³-hybridized carbons (Fsp3) is 0.160. The number of anilines is 2. The smallest absolute Gasteiger partial charge is 0.426 e. The first-order valence-electron chi connectivity index (χ1n) is 10.1. The van der Waals surface area contributed by atoms with Crippen LogP contribution in [0.2, 0.25) is 0 Å². The highest BCUT2D eigenvalue weighted by Gasteiger charge is 2.25. The third-order valence-corrected chi connectivity index (χ3v) is 5.26. The molecule has 0 saturated carbocycles. The van der Waals surface area contributed by atoms with E-state index in [4.69, 9.17) is 4.65 Å². The summed E-state index contributed by atoms with van der Waals surface area (Å²) in [4.78, 5) is 8.75. The van der Waals surface area contributed by atoms with Crippen LogP contribution in [0.25, 0.3) is 10.9 Å². The lowest BCUT2D eigenvalue weighted by Crippen LogP contribution is -2.47. The Morgan fingerprint density at radius 3 is 1.73 bits per heavy atom. The summed E-state index contributed by atoms with van der Waals surface area (Å²) in [6, 6.07) is 27.1. The van der Waals surface area contributed by atoms with E-state index < -0.39 is 0 Å². The van der Waals surface area contributed by atoms with Gasteiger partial charge in [0.2, 0.25) is 0 Å². The van der Waals surface area contributed by atoms with Crippen LogP contribution in [0, 0.1) is 0 Å². The topological polar surface area (TPSA) is 28.6 Å². The molecule has 0 fully saturated rings. The van der Waals surface area contributed by atoms with E-state index in [0.717, 1.165) is 39.0 Å². The fourth-order valence-corrected chi connectivity index (χ4v) is 3.52. The fourth-order valence-electron chi connectivity index (χ4n) is 3.52. The highest BCUT2D eigenvalue weighted by molar-refractivity contribution is 6.80. The summed E-state index contributed by atoms with van der Waals surface area (Å²) in [5.74, 6) is 0.784. The van der Waals surface area contributed by atoms with Crippen molar-refractivity contribution in [2.24, 2.45) is 0 Å². The molecule has 3 aromatic carbocycles. The van der Waals surface area contributed by atoms with Gasteiger partial charge in [-0.3, -0.25) is 4.98 Å². The van der Waals surface area contributed by atoms with E-state index in [-0.39, 0.29) is 6.92 Å². The average molecular weight is 395 g/mol. The number of para-hydroxylation sites is 1. The lowest BCUT2D eigenvalue weighted by molar-refractivity contribution is 0.597. The highest BCUT2D eigenvalue weighted by Crippen LogP contribution is 2.24. The van der Waals surface area contributed by atoms with Crippen molar-refractivity contribution in [3.8, 4) is 5.75 Å². The van der Waals surface area contributed by atoms with Gasteiger partial charge in [-0.1, -0.05) is 42.5 Å². The van der Waals surface area contributed by atoms with Crippen molar-refractivity contribution in [3.05, 3.63) is 85.1 Å². The molecular weight excluding hydrogens is 369 g/mol. The average Bonchev–Trinajstić information content (AvgIpc) is 2.77. The van der Waals surface area contributed by atoms with E-state index in [1.54, 1.807) is 0 Å². The SMILES string of the molecule is CN(C)c1ccc(B(Oc2cccc3cccnc23)c2ccc(N(C)C)cc2)cc1. The summed E-state index contributed by atoms with van der Waals surface area (Å²) in [6.07, 6.45) is 1.81. The summed E-state index contributed by atoms with van der Waals surface area (Å²) < 4.78 is 6.61. The summed E-state index contributed by atoms with van der Waals surface area (Å²) in [5.41, 5.74) is 5.40. The summed E-state index contributed by atoms with van der Waals surface area (Å²) in [6.45, 7) is -0.231. The summed E-state index contributed by atoms with van der Waals surface area (Å²) in [5, 5.41) is 1.07. The van der Waals surface area contributed by atoms with Crippen molar-refractivity contribution in [1.29, 1.82) is 0 Å². The van der Waals surface area contributed by atoms with E-state index in [2.05, 4.69) is 75.4 Å². The van der Waals surface area contributed by atoms with Gasteiger partial charge in [0, 0.05) is 51.1 Å². The number of fused-ring (bicyclic) bond motifs is 1. The Bertz CT molecular complexity index is 1070. The number of pyridine rings is 1. The van der Waals surface area contributed by atoms with Crippen molar-refractivity contribution in [3.63, 3.8) is 0 Å². The van der Waals surface area contributed by atoms with Gasteiger partial charge < -0.3 is 14.5 Å². The van der Waals surface area contributed by atoms with E-state index in [9.17, 15) is 0 Å². The Morgan fingerprint density at radius 2 is 1.20 bits per heavy atom. The first-order valence-corrected chi connectivity index (χ1v) is 10.1. The molecule has 0 spiro atoms.